The molecule has 5 nitrogen and oxygen atoms in total. The van der Waals surface area contributed by atoms with E-state index in [4.69, 9.17) is 0 Å². The summed E-state index contributed by atoms with van der Waals surface area (Å²) in [6, 6.07) is 3.30. The first kappa shape index (κ1) is 20.8. The number of amides is 1. The van der Waals surface area contributed by atoms with E-state index in [-0.39, 0.29) is 24.1 Å². The highest BCUT2D eigenvalue weighted by Gasteiger charge is 2.30. The number of hydrogen-bond acceptors (Lipinski definition) is 3. The number of halogens is 2. The van der Waals surface area contributed by atoms with E-state index < -0.39 is 21.7 Å². The Kier molecular flexibility index (Phi) is 7.52. The number of sulfonamides is 1. The van der Waals surface area contributed by atoms with Gasteiger partial charge in [-0.1, -0.05) is 13.3 Å². The molecule has 26 heavy (non-hydrogen) atoms. The maximum atomic E-state index is 13.1. The molecule has 0 spiro atoms. The highest BCUT2D eigenvalue weighted by molar-refractivity contribution is 7.89. The van der Waals surface area contributed by atoms with E-state index in [9.17, 15) is 22.0 Å². The van der Waals surface area contributed by atoms with E-state index in [0.29, 0.717) is 44.3 Å². The fourth-order valence-electron chi connectivity index (χ4n) is 3.08. The number of carbonyl (C=O) groups excluding carboxylic acids is 1. The van der Waals surface area contributed by atoms with Gasteiger partial charge in [-0.25, -0.2) is 21.5 Å². The Morgan fingerprint density at radius 2 is 1.81 bits per heavy atom. The fraction of sp³-hybridized carbons (Fsp3) is 0.611. The van der Waals surface area contributed by atoms with Crippen LogP contribution >= 0.6 is 0 Å². The average Bonchev–Trinajstić information content (AvgIpc) is 2.59. The van der Waals surface area contributed by atoms with E-state index in [0.717, 1.165) is 12.5 Å². The molecule has 1 N–H and O–H groups in total. The lowest BCUT2D eigenvalue weighted by molar-refractivity contribution is -0.126. The van der Waals surface area contributed by atoms with Gasteiger partial charge in [0, 0.05) is 31.6 Å². The number of unbranched alkanes of at least 4 members (excludes halogenated alkanes) is 1. The van der Waals surface area contributed by atoms with Gasteiger partial charge < -0.3 is 5.32 Å². The fourth-order valence-corrected chi connectivity index (χ4v) is 4.76. The third-order valence-electron chi connectivity index (χ3n) is 4.61. The third kappa shape index (κ3) is 6.02. The van der Waals surface area contributed by atoms with Crippen LogP contribution in [0.3, 0.4) is 0 Å². The quantitative estimate of drug-likeness (QED) is 0.744. The highest BCUT2D eigenvalue weighted by atomic mass is 32.2. The van der Waals surface area contributed by atoms with Gasteiger partial charge >= 0.3 is 0 Å². The predicted molar refractivity (Wildman–Crippen MR) is 96.1 cm³/mol. The molecule has 0 saturated carbocycles. The summed E-state index contributed by atoms with van der Waals surface area (Å²) in [6.45, 7) is 2.96. The molecular weight excluding hydrogens is 362 g/mol. The number of piperidine rings is 1. The second kappa shape index (κ2) is 9.41. The maximum Gasteiger partial charge on any atom is 0.223 e. The van der Waals surface area contributed by atoms with Crippen molar-refractivity contribution in [3.63, 3.8) is 0 Å². The van der Waals surface area contributed by atoms with Gasteiger partial charge in [0.05, 0.1) is 5.75 Å². The van der Waals surface area contributed by atoms with Crippen LogP contribution in [0, 0.1) is 17.6 Å². The van der Waals surface area contributed by atoms with Crippen LogP contribution in [0.25, 0.3) is 0 Å². The number of carbonyl (C=O) groups is 1. The van der Waals surface area contributed by atoms with E-state index in [1.54, 1.807) is 0 Å². The van der Waals surface area contributed by atoms with Crippen molar-refractivity contribution in [3.05, 3.63) is 35.4 Å². The van der Waals surface area contributed by atoms with Crippen LogP contribution in [0.1, 0.15) is 38.2 Å². The first-order valence-electron chi connectivity index (χ1n) is 9.02. The summed E-state index contributed by atoms with van der Waals surface area (Å²) in [7, 11) is -3.23. The van der Waals surface area contributed by atoms with Gasteiger partial charge in [0.15, 0.2) is 0 Å². The molecule has 1 aliphatic rings. The number of hydrogen-bond donors (Lipinski definition) is 1. The molecule has 0 aliphatic carbocycles. The van der Waals surface area contributed by atoms with Crippen molar-refractivity contribution in [2.45, 2.75) is 39.0 Å². The number of nitrogens with one attached hydrogen (secondary N) is 1. The number of rotatable bonds is 8. The average molecular weight is 388 g/mol. The number of benzene rings is 1. The van der Waals surface area contributed by atoms with Crippen molar-refractivity contribution in [3.8, 4) is 0 Å². The summed E-state index contributed by atoms with van der Waals surface area (Å²) < 4.78 is 52.1. The zero-order chi connectivity index (χ0) is 19.2. The van der Waals surface area contributed by atoms with Crippen molar-refractivity contribution in [1.29, 1.82) is 0 Å². The van der Waals surface area contributed by atoms with Crippen LogP contribution < -0.4 is 5.32 Å². The molecule has 2 rings (SSSR count). The summed E-state index contributed by atoms with van der Waals surface area (Å²) >= 11 is 0. The zero-order valence-corrected chi connectivity index (χ0v) is 15.8. The Morgan fingerprint density at radius 3 is 2.38 bits per heavy atom. The minimum atomic E-state index is -3.23. The van der Waals surface area contributed by atoms with Crippen molar-refractivity contribution >= 4 is 15.9 Å². The SMILES string of the molecule is CCCCS(=O)(=O)N1CCC(C(=O)NCCc2cc(F)cc(F)c2)CC1. The highest BCUT2D eigenvalue weighted by Crippen LogP contribution is 2.20. The molecule has 0 radical (unpaired) electrons. The second-order valence-electron chi connectivity index (χ2n) is 6.66. The Labute approximate surface area is 153 Å². The first-order valence-corrected chi connectivity index (χ1v) is 10.6. The second-order valence-corrected chi connectivity index (χ2v) is 8.75. The van der Waals surface area contributed by atoms with Gasteiger partial charge in [-0.05, 0) is 43.4 Å². The molecule has 1 amide bonds. The van der Waals surface area contributed by atoms with Crippen LogP contribution in [-0.4, -0.2) is 44.0 Å². The summed E-state index contributed by atoms with van der Waals surface area (Å²) in [5, 5.41) is 2.78. The van der Waals surface area contributed by atoms with Crippen LogP contribution in [0.5, 0.6) is 0 Å². The molecule has 1 aromatic carbocycles. The molecule has 8 heteroatoms. The lowest BCUT2D eigenvalue weighted by atomic mass is 9.97. The standard InChI is InChI=1S/C18H26F2N2O3S/c1-2-3-10-26(24,25)22-8-5-15(6-9-22)18(23)21-7-4-14-11-16(19)13-17(20)12-14/h11-13,15H,2-10H2,1H3,(H,21,23). The lowest BCUT2D eigenvalue weighted by Crippen LogP contribution is -2.44. The van der Waals surface area contributed by atoms with Gasteiger partial charge in [0.25, 0.3) is 0 Å². The van der Waals surface area contributed by atoms with Crippen LogP contribution in [0.15, 0.2) is 18.2 Å². The molecule has 1 fully saturated rings. The monoisotopic (exact) mass is 388 g/mol. The zero-order valence-electron chi connectivity index (χ0n) is 15.0. The summed E-state index contributed by atoms with van der Waals surface area (Å²) in [5.41, 5.74) is 0.486. The third-order valence-corrected chi connectivity index (χ3v) is 6.57. The van der Waals surface area contributed by atoms with E-state index in [1.807, 2.05) is 6.92 Å². The topological polar surface area (TPSA) is 66.5 Å². The Hall–Kier alpha value is -1.54. The smallest absolute Gasteiger partial charge is 0.223 e. The van der Waals surface area contributed by atoms with E-state index in [2.05, 4.69) is 5.32 Å². The van der Waals surface area contributed by atoms with Gasteiger partial charge in [0.2, 0.25) is 15.9 Å². The molecular formula is C18H26F2N2O3S. The summed E-state index contributed by atoms with van der Waals surface area (Å²) in [4.78, 5) is 12.2. The van der Waals surface area contributed by atoms with Crippen LogP contribution in [0.2, 0.25) is 0 Å². The van der Waals surface area contributed by atoms with Crippen molar-refractivity contribution in [2.75, 3.05) is 25.4 Å². The normalized spacial score (nSPS) is 16.6. The summed E-state index contributed by atoms with van der Waals surface area (Å²) in [5.74, 6) is -1.47. The molecule has 146 valence electrons. The Balaban J connectivity index is 1.76. The Bertz CT molecular complexity index is 697. The molecule has 0 bridgehead atoms. The van der Waals surface area contributed by atoms with Crippen LogP contribution in [-0.2, 0) is 21.2 Å². The van der Waals surface area contributed by atoms with Crippen LogP contribution in [0.4, 0.5) is 8.78 Å². The van der Waals surface area contributed by atoms with Crippen molar-refractivity contribution < 1.29 is 22.0 Å². The van der Waals surface area contributed by atoms with Gasteiger partial charge in [-0.15, -0.1) is 0 Å². The van der Waals surface area contributed by atoms with E-state index >= 15 is 0 Å². The molecule has 1 saturated heterocycles. The maximum absolute atomic E-state index is 13.1. The predicted octanol–water partition coefficient (Wildman–Crippen LogP) is 2.47. The molecule has 1 heterocycles. The molecule has 1 aliphatic heterocycles. The largest absolute Gasteiger partial charge is 0.356 e. The molecule has 0 unspecified atom stereocenters. The first-order chi connectivity index (χ1) is 12.3. The van der Waals surface area contributed by atoms with Crippen molar-refractivity contribution in [2.24, 2.45) is 5.92 Å². The molecule has 0 aromatic heterocycles. The lowest BCUT2D eigenvalue weighted by Gasteiger charge is -2.30. The van der Waals surface area contributed by atoms with Gasteiger partial charge in [0.1, 0.15) is 11.6 Å². The van der Waals surface area contributed by atoms with E-state index in [1.165, 1.54) is 16.4 Å². The summed E-state index contributed by atoms with van der Waals surface area (Å²) in [6.07, 6.45) is 2.79. The number of nitrogens with zero attached hydrogens (tertiary/aromatic N) is 1. The minimum absolute atomic E-state index is 0.132. The molecule has 0 atom stereocenters. The van der Waals surface area contributed by atoms with Gasteiger partial charge in [-0.3, -0.25) is 4.79 Å². The minimum Gasteiger partial charge on any atom is -0.356 e. The Morgan fingerprint density at radius 1 is 1.19 bits per heavy atom. The van der Waals surface area contributed by atoms with Crippen molar-refractivity contribution in [1.82, 2.24) is 9.62 Å². The van der Waals surface area contributed by atoms with Gasteiger partial charge in [-0.2, -0.15) is 0 Å². The molecule has 1 aromatic rings.